The second-order valence-electron chi connectivity index (χ2n) is 11.1. The fraction of sp³-hybridized carbons (Fsp3) is 0.583. The first-order valence-electron chi connectivity index (χ1n) is 16.0. The van der Waals surface area contributed by atoms with Gasteiger partial charge in [0.2, 0.25) is 0 Å². The van der Waals surface area contributed by atoms with Crippen molar-refractivity contribution in [2.45, 2.75) is 78.6 Å². The van der Waals surface area contributed by atoms with Gasteiger partial charge in [0.15, 0.2) is 0 Å². The van der Waals surface area contributed by atoms with Crippen molar-refractivity contribution in [1.29, 1.82) is 0 Å². The minimum absolute atomic E-state index is 0.0135. The molecule has 0 radical (unpaired) electrons. The smallest absolute Gasteiger partial charge is 0.314 e. The third-order valence-corrected chi connectivity index (χ3v) is 8.85. The van der Waals surface area contributed by atoms with Gasteiger partial charge in [-0.3, -0.25) is 4.79 Å². The molecule has 0 N–H and O–H groups in total. The molecule has 240 valence electrons. The van der Waals surface area contributed by atoms with Crippen LogP contribution < -0.4 is 9.47 Å². The fourth-order valence-corrected chi connectivity index (χ4v) is 6.25. The molecule has 0 spiro atoms. The average molecular weight is 615 g/mol. The number of allylic oxidation sites excluding steroid dienone is 3. The third-order valence-electron chi connectivity index (χ3n) is 7.58. The zero-order chi connectivity index (χ0) is 31.1. The molecule has 43 heavy (non-hydrogen) atoms. The van der Waals surface area contributed by atoms with Crippen molar-refractivity contribution in [3.05, 3.63) is 72.1 Å². The Balaban J connectivity index is 1.56. The lowest BCUT2D eigenvalue weighted by Crippen LogP contribution is -2.26. The quantitative estimate of drug-likeness (QED) is 0.0324. The first kappa shape index (κ1) is 36.8. The van der Waals surface area contributed by atoms with E-state index in [-0.39, 0.29) is 11.9 Å². The van der Waals surface area contributed by atoms with Crippen molar-refractivity contribution in [2.24, 2.45) is 11.8 Å². The van der Waals surface area contributed by atoms with Gasteiger partial charge in [-0.15, -0.1) is 0 Å². The number of carbonyl (C=O) groups is 1. The van der Waals surface area contributed by atoms with Crippen LogP contribution in [0.2, 0.25) is 0 Å². The maximum Gasteiger partial charge on any atom is 0.314 e. The molecular formula is C36H55O6P. The van der Waals surface area contributed by atoms with E-state index in [0.717, 1.165) is 90.8 Å². The summed E-state index contributed by atoms with van der Waals surface area (Å²) in [6.07, 6.45) is 19.1. The molecule has 1 atom stereocenters. The molecular weight excluding hydrogens is 559 g/mol. The number of rotatable bonds is 22. The van der Waals surface area contributed by atoms with Crippen molar-refractivity contribution in [3.8, 4) is 11.5 Å². The lowest BCUT2D eigenvalue weighted by molar-refractivity contribution is -0.140. The Morgan fingerprint density at radius 1 is 1.00 bits per heavy atom. The van der Waals surface area contributed by atoms with Crippen LogP contribution in [0.15, 0.2) is 72.1 Å². The van der Waals surface area contributed by atoms with Crippen LogP contribution in [0.1, 0.15) is 78.6 Å². The third kappa shape index (κ3) is 15.8. The van der Waals surface area contributed by atoms with E-state index in [1.54, 1.807) is 13.2 Å². The van der Waals surface area contributed by atoms with E-state index in [4.69, 9.17) is 23.7 Å². The van der Waals surface area contributed by atoms with E-state index in [1.807, 2.05) is 43.3 Å². The Kier molecular flexibility index (Phi) is 19.7. The number of ether oxygens (including phenoxy) is 5. The molecule has 6 nitrogen and oxygen atoms in total. The lowest BCUT2D eigenvalue weighted by atomic mass is 9.83. The first-order valence-corrected chi connectivity index (χ1v) is 17.4. The van der Waals surface area contributed by atoms with Crippen LogP contribution in [0.25, 0.3) is 0 Å². The topological polar surface area (TPSA) is 63.2 Å². The van der Waals surface area contributed by atoms with Gasteiger partial charge in [-0.05, 0) is 131 Å². The SMILES string of the molecule is C=C/C(=C\CC)OCCCCCCOc1ccc(OC(=O)C2CCC(CPCOCC(/C=C\C)=C(/C)COC)CC2)cc1. The van der Waals surface area contributed by atoms with Gasteiger partial charge in [0, 0.05) is 7.11 Å². The minimum Gasteiger partial charge on any atom is -0.494 e. The van der Waals surface area contributed by atoms with E-state index in [1.165, 1.54) is 17.3 Å². The summed E-state index contributed by atoms with van der Waals surface area (Å²) >= 11 is 0. The number of methoxy groups -OCH3 is 1. The molecule has 0 amide bonds. The fourth-order valence-electron chi connectivity index (χ4n) is 5.07. The van der Waals surface area contributed by atoms with E-state index in [0.29, 0.717) is 31.5 Å². The number of unbranched alkanes of at least 4 members (excludes halogenated alkanes) is 3. The van der Waals surface area contributed by atoms with Crippen LogP contribution in [-0.4, -0.2) is 52.0 Å². The Morgan fingerprint density at radius 3 is 2.35 bits per heavy atom. The maximum absolute atomic E-state index is 12.8. The van der Waals surface area contributed by atoms with Gasteiger partial charge in [0.25, 0.3) is 0 Å². The Morgan fingerprint density at radius 2 is 1.70 bits per heavy atom. The molecule has 1 aromatic carbocycles. The summed E-state index contributed by atoms with van der Waals surface area (Å²) in [5.74, 6) is 2.80. The summed E-state index contributed by atoms with van der Waals surface area (Å²) < 4.78 is 28.5. The van der Waals surface area contributed by atoms with Crippen molar-refractivity contribution in [1.82, 2.24) is 0 Å². The number of carbonyl (C=O) groups excluding carboxylic acids is 1. The molecule has 1 aliphatic rings. The number of esters is 1. The number of hydrogen-bond donors (Lipinski definition) is 0. The van der Waals surface area contributed by atoms with Crippen LogP contribution in [0.4, 0.5) is 0 Å². The molecule has 1 unspecified atom stereocenters. The molecule has 0 heterocycles. The molecule has 1 fully saturated rings. The standard InChI is InChI=1S/C36H55O6P/c1-6-13-32(29(4)25-38-5)26-39-28-43-27-30-15-17-31(18-16-30)36(37)42-35-21-19-34(20-22-35)41-24-12-10-9-11-23-40-33(8-3)14-7-2/h6,8,13-14,19-22,30-31,43H,3,7,9-12,15-18,23-28H2,1-2,4-5H3/b13-6-,32-29-,33-14+. The van der Waals surface area contributed by atoms with E-state index in [2.05, 4.69) is 26.5 Å². The minimum atomic E-state index is -0.109. The van der Waals surface area contributed by atoms with Crippen molar-refractivity contribution >= 4 is 14.6 Å². The lowest BCUT2D eigenvalue weighted by Gasteiger charge is -2.27. The van der Waals surface area contributed by atoms with Crippen LogP contribution in [-0.2, 0) is 19.0 Å². The van der Waals surface area contributed by atoms with E-state index >= 15 is 0 Å². The van der Waals surface area contributed by atoms with Gasteiger partial charge in [-0.2, -0.15) is 0 Å². The number of benzene rings is 1. The zero-order valence-electron chi connectivity index (χ0n) is 27.0. The molecule has 0 saturated heterocycles. The van der Waals surface area contributed by atoms with Gasteiger partial charge < -0.3 is 23.7 Å². The molecule has 0 aliphatic heterocycles. The summed E-state index contributed by atoms with van der Waals surface area (Å²) in [6.45, 7) is 12.6. The van der Waals surface area contributed by atoms with Crippen LogP contribution in [0, 0.1) is 11.8 Å². The highest BCUT2D eigenvalue weighted by Gasteiger charge is 2.27. The highest BCUT2D eigenvalue weighted by atomic mass is 31.1. The van der Waals surface area contributed by atoms with Crippen molar-refractivity contribution in [2.75, 3.05) is 46.0 Å². The normalized spacial score (nSPS) is 18.2. The largest absolute Gasteiger partial charge is 0.494 e. The molecule has 1 saturated carbocycles. The molecule has 2 rings (SSSR count). The Bertz CT molecular complexity index is 1010. The summed E-state index contributed by atoms with van der Waals surface area (Å²) in [4.78, 5) is 12.8. The monoisotopic (exact) mass is 614 g/mol. The van der Waals surface area contributed by atoms with Gasteiger partial charge >= 0.3 is 5.97 Å². The van der Waals surface area contributed by atoms with Gasteiger partial charge in [0.1, 0.15) is 17.3 Å². The summed E-state index contributed by atoms with van der Waals surface area (Å²) in [6, 6.07) is 7.41. The summed E-state index contributed by atoms with van der Waals surface area (Å²) in [7, 11) is 2.50. The second kappa shape index (κ2) is 23.0. The summed E-state index contributed by atoms with van der Waals surface area (Å²) in [5.41, 5.74) is 2.41. The van der Waals surface area contributed by atoms with Gasteiger partial charge in [-0.25, -0.2) is 0 Å². The zero-order valence-corrected chi connectivity index (χ0v) is 28.0. The van der Waals surface area contributed by atoms with E-state index < -0.39 is 0 Å². The Hall–Kier alpha value is -2.40. The summed E-state index contributed by atoms with van der Waals surface area (Å²) in [5, 5.41) is 0. The van der Waals surface area contributed by atoms with E-state index in [9.17, 15) is 4.79 Å². The molecule has 0 bridgehead atoms. The maximum atomic E-state index is 12.8. The second-order valence-corrected chi connectivity index (χ2v) is 12.3. The van der Waals surface area contributed by atoms with Gasteiger partial charge in [-0.1, -0.05) is 34.2 Å². The first-order chi connectivity index (χ1) is 21.0. The van der Waals surface area contributed by atoms with Crippen molar-refractivity contribution < 1.29 is 28.5 Å². The Labute approximate surface area is 262 Å². The van der Waals surface area contributed by atoms with Gasteiger partial charge in [0.05, 0.1) is 38.7 Å². The van der Waals surface area contributed by atoms with Crippen molar-refractivity contribution in [3.63, 3.8) is 0 Å². The number of hydrogen-bond acceptors (Lipinski definition) is 6. The molecule has 7 heteroatoms. The molecule has 1 aromatic rings. The predicted molar refractivity (Wildman–Crippen MR) is 179 cm³/mol. The molecule has 0 aromatic heterocycles. The highest BCUT2D eigenvalue weighted by molar-refractivity contribution is 7.37. The highest BCUT2D eigenvalue weighted by Crippen LogP contribution is 2.33. The average Bonchev–Trinajstić information content (AvgIpc) is 3.02. The van der Waals surface area contributed by atoms with Crippen LogP contribution in [0.3, 0.4) is 0 Å². The predicted octanol–water partition coefficient (Wildman–Crippen LogP) is 9.03. The van der Waals surface area contributed by atoms with Crippen LogP contribution in [0.5, 0.6) is 11.5 Å². The molecule has 1 aliphatic carbocycles. The van der Waals surface area contributed by atoms with Crippen LogP contribution >= 0.6 is 8.58 Å².